The Morgan fingerprint density at radius 2 is 2.03 bits per heavy atom. The molecule has 0 spiro atoms. The molecule has 0 aliphatic heterocycles. The van der Waals surface area contributed by atoms with Crippen molar-refractivity contribution in [1.82, 2.24) is 15.0 Å². The lowest BCUT2D eigenvalue weighted by atomic mass is 10.2. The van der Waals surface area contributed by atoms with Crippen molar-refractivity contribution in [1.29, 1.82) is 0 Å². The number of likely N-dealkylation sites (N-methyl/N-ethyl adjacent to an activating group) is 1. The first-order valence-electron chi connectivity index (χ1n) is 9.56. The van der Waals surface area contributed by atoms with E-state index in [-0.39, 0.29) is 12.5 Å². The molecule has 0 aliphatic rings. The van der Waals surface area contributed by atoms with Crippen LogP contribution in [-0.4, -0.2) is 41.2 Å². The van der Waals surface area contributed by atoms with Crippen molar-refractivity contribution in [3.05, 3.63) is 58.9 Å². The van der Waals surface area contributed by atoms with Gasteiger partial charge in [-0.15, -0.1) is 0 Å². The fourth-order valence-electron chi connectivity index (χ4n) is 2.89. The number of nitrogens with zero attached hydrogens (tertiary/aromatic N) is 3. The van der Waals surface area contributed by atoms with Gasteiger partial charge in [0.15, 0.2) is 6.10 Å². The van der Waals surface area contributed by atoms with Crippen molar-refractivity contribution in [3.8, 4) is 22.9 Å². The fraction of sp³-hybridized carbons (Fsp3) is 0.318. The molecule has 0 radical (unpaired) electrons. The van der Waals surface area contributed by atoms with Gasteiger partial charge in [0.25, 0.3) is 5.91 Å². The quantitative estimate of drug-likeness (QED) is 0.523. The van der Waals surface area contributed by atoms with Gasteiger partial charge in [0.1, 0.15) is 11.5 Å². The summed E-state index contributed by atoms with van der Waals surface area (Å²) in [4.78, 5) is 18.8. The summed E-state index contributed by atoms with van der Waals surface area (Å²) in [5.74, 6) is 1.90. The van der Waals surface area contributed by atoms with Crippen molar-refractivity contribution in [2.24, 2.45) is 0 Å². The van der Waals surface area contributed by atoms with Gasteiger partial charge < -0.3 is 18.9 Å². The monoisotopic (exact) mass is 429 g/mol. The predicted octanol–water partition coefficient (Wildman–Crippen LogP) is 4.52. The summed E-state index contributed by atoms with van der Waals surface area (Å²) in [7, 11) is 3.27. The maximum Gasteiger partial charge on any atom is 0.263 e. The Bertz CT molecular complexity index is 1020. The average molecular weight is 430 g/mol. The molecule has 8 heteroatoms. The molecule has 2 aromatic carbocycles. The van der Waals surface area contributed by atoms with Gasteiger partial charge in [0.05, 0.1) is 13.7 Å². The third kappa shape index (κ3) is 5.10. The lowest BCUT2D eigenvalue weighted by molar-refractivity contribution is -0.138. The number of aryl methyl sites for hydroxylation is 1. The molecule has 1 atom stereocenters. The number of carbonyl (C=O) groups is 1. The molecule has 3 aromatic rings. The Hall–Kier alpha value is -3.06. The summed E-state index contributed by atoms with van der Waals surface area (Å²) in [5, 5.41) is 4.66. The van der Waals surface area contributed by atoms with Gasteiger partial charge in [-0.1, -0.05) is 35.8 Å². The maximum absolute atomic E-state index is 12.9. The highest BCUT2D eigenvalue weighted by atomic mass is 35.5. The summed E-state index contributed by atoms with van der Waals surface area (Å²) in [6, 6.07) is 12.7. The Kier molecular flexibility index (Phi) is 6.95. The van der Waals surface area contributed by atoms with E-state index in [9.17, 15) is 4.79 Å². The van der Waals surface area contributed by atoms with E-state index in [0.717, 1.165) is 11.1 Å². The van der Waals surface area contributed by atoms with Crippen LogP contribution in [0, 0.1) is 6.92 Å². The van der Waals surface area contributed by atoms with Crippen LogP contribution in [0.1, 0.15) is 24.8 Å². The van der Waals surface area contributed by atoms with E-state index >= 15 is 0 Å². The summed E-state index contributed by atoms with van der Waals surface area (Å²) in [6.07, 6.45) is -0.111. The highest BCUT2D eigenvalue weighted by Crippen LogP contribution is 2.24. The van der Waals surface area contributed by atoms with Crippen LogP contribution >= 0.6 is 11.6 Å². The average Bonchev–Trinajstić information content (AvgIpc) is 3.22. The van der Waals surface area contributed by atoms with Gasteiger partial charge in [-0.25, -0.2) is 0 Å². The van der Waals surface area contributed by atoms with Crippen LogP contribution in [0.4, 0.5) is 0 Å². The van der Waals surface area contributed by atoms with E-state index in [1.807, 2.05) is 44.2 Å². The molecule has 0 N–H and O–H groups in total. The number of ether oxygens (including phenoxy) is 2. The fourth-order valence-corrected chi connectivity index (χ4v) is 3.01. The van der Waals surface area contributed by atoms with Crippen molar-refractivity contribution in [2.45, 2.75) is 32.9 Å². The number of hydrogen-bond acceptors (Lipinski definition) is 6. The van der Waals surface area contributed by atoms with Gasteiger partial charge in [0.2, 0.25) is 11.7 Å². The standard InChI is InChI=1S/C22H24ClN3O4/c1-5-19(29-17-9-10-18(23)14(2)11-17)22(27)26(3)13-20-24-21(25-30-20)15-7-6-8-16(12-15)28-4/h6-12,19H,5,13H2,1-4H3. The second-order valence-corrected chi connectivity index (χ2v) is 7.27. The SMILES string of the molecule is CCC(Oc1ccc(Cl)c(C)c1)C(=O)N(C)Cc1nc(-c2cccc(OC)c2)no1. The number of benzene rings is 2. The third-order valence-electron chi connectivity index (χ3n) is 4.60. The molecule has 1 unspecified atom stereocenters. The van der Waals surface area contributed by atoms with Gasteiger partial charge in [0, 0.05) is 17.6 Å². The number of carbonyl (C=O) groups excluding carboxylic acids is 1. The molecular formula is C22H24ClN3O4. The zero-order valence-electron chi connectivity index (χ0n) is 17.4. The largest absolute Gasteiger partial charge is 0.497 e. The third-order valence-corrected chi connectivity index (χ3v) is 5.02. The van der Waals surface area contributed by atoms with Crippen LogP contribution in [0.25, 0.3) is 11.4 Å². The van der Waals surface area contributed by atoms with E-state index in [0.29, 0.717) is 34.7 Å². The number of hydrogen-bond donors (Lipinski definition) is 0. The molecule has 30 heavy (non-hydrogen) atoms. The van der Waals surface area contributed by atoms with Crippen molar-refractivity contribution in [3.63, 3.8) is 0 Å². The summed E-state index contributed by atoms with van der Waals surface area (Å²) < 4.78 is 16.4. The lowest BCUT2D eigenvalue weighted by Gasteiger charge is -2.23. The second-order valence-electron chi connectivity index (χ2n) is 6.86. The van der Waals surface area contributed by atoms with Crippen molar-refractivity contribution < 1.29 is 18.8 Å². The van der Waals surface area contributed by atoms with Crippen LogP contribution in [-0.2, 0) is 11.3 Å². The molecule has 0 bridgehead atoms. The maximum atomic E-state index is 12.9. The minimum absolute atomic E-state index is 0.175. The molecule has 0 aliphatic carbocycles. The molecular weight excluding hydrogens is 406 g/mol. The van der Waals surface area contributed by atoms with Gasteiger partial charge >= 0.3 is 0 Å². The molecule has 0 saturated carbocycles. The van der Waals surface area contributed by atoms with Crippen LogP contribution in [0.5, 0.6) is 11.5 Å². The molecule has 1 heterocycles. The molecule has 158 valence electrons. The lowest BCUT2D eigenvalue weighted by Crippen LogP contribution is -2.39. The number of halogens is 1. The summed E-state index contributed by atoms with van der Waals surface area (Å²) in [6.45, 7) is 3.96. The highest BCUT2D eigenvalue weighted by molar-refractivity contribution is 6.31. The molecule has 3 rings (SSSR count). The number of aromatic nitrogens is 2. The van der Waals surface area contributed by atoms with E-state index in [2.05, 4.69) is 10.1 Å². The highest BCUT2D eigenvalue weighted by Gasteiger charge is 2.24. The zero-order chi connectivity index (χ0) is 21.7. The molecule has 0 fully saturated rings. The van der Waals surface area contributed by atoms with Gasteiger partial charge in [-0.2, -0.15) is 4.98 Å². The smallest absolute Gasteiger partial charge is 0.263 e. The Morgan fingerprint density at radius 3 is 2.73 bits per heavy atom. The summed E-state index contributed by atoms with van der Waals surface area (Å²) in [5.41, 5.74) is 1.66. The van der Waals surface area contributed by atoms with Crippen molar-refractivity contribution in [2.75, 3.05) is 14.2 Å². The van der Waals surface area contributed by atoms with Crippen LogP contribution in [0.3, 0.4) is 0 Å². The number of amides is 1. The number of rotatable bonds is 8. The van der Waals surface area contributed by atoms with Gasteiger partial charge in [-0.3, -0.25) is 4.79 Å². The normalized spacial score (nSPS) is 11.8. The summed E-state index contributed by atoms with van der Waals surface area (Å²) >= 11 is 6.06. The Balaban J connectivity index is 1.66. The van der Waals surface area contributed by atoms with E-state index < -0.39 is 6.10 Å². The minimum Gasteiger partial charge on any atom is -0.497 e. The second kappa shape index (κ2) is 9.63. The molecule has 0 saturated heterocycles. The van der Waals surface area contributed by atoms with Crippen LogP contribution in [0.2, 0.25) is 5.02 Å². The molecule has 7 nitrogen and oxygen atoms in total. The first-order chi connectivity index (χ1) is 14.4. The zero-order valence-corrected chi connectivity index (χ0v) is 18.1. The first-order valence-corrected chi connectivity index (χ1v) is 9.93. The minimum atomic E-state index is -0.628. The first kappa shape index (κ1) is 21.6. The van der Waals surface area contributed by atoms with E-state index in [1.54, 1.807) is 26.3 Å². The molecule has 1 amide bonds. The van der Waals surface area contributed by atoms with Crippen molar-refractivity contribution >= 4 is 17.5 Å². The predicted molar refractivity (Wildman–Crippen MR) is 114 cm³/mol. The molecule has 1 aromatic heterocycles. The van der Waals surface area contributed by atoms with E-state index in [4.69, 9.17) is 25.6 Å². The topological polar surface area (TPSA) is 77.7 Å². The van der Waals surface area contributed by atoms with Gasteiger partial charge in [-0.05, 0) is 49.2 Å². The van der Waals surface area contributed by atoms with Crippen LogP contribution < -0.4 is 9.47 Å². The Morgan fingerprint density at radius 1 is 1.23 bits per heavy atom. The Labute approximate surface area is 180 Å². The van der Waals surface area contributed by atoms with E-state index in [1.165, 1.54) is 4.90 Å². The number of methoxy groups -OCH3 is 1. The van der Waals surface area contributed by atoms with Crippen LogP contribution in [0.15, 0.2) is 47.0 Å².